The van der Waals surface area contributed by atoms with Crippen LogP contribution in [0.1, 0.15) is 60.6 Å². The number of halogens is 27. The Labute approximate surface area is 406 Å². The Morgan fingerprint density at radius 1 is 0.368 bits per heavy atom. The Bertz CT molecular complexity index is 2630. The third-order valence-electron chi connectivity index (χ3n) is 10.9. The first-order valence-corrected chi connectivity index (χ1v) is 20.1. The van der Waals surface area contributed by atoms with Crippen LogP contribution < -0.4 is 26.4 Å². The van der Waals surface area contributed by atoms with Gasteiger partial charge in [0.1, 0.15) is 6.15 Å². The molecule has 3 nitrogen and oxygen atoms in total. The van der Waals surface area contributed by atoms with Crippen LogP contribution in [0.2, 0.25) is 0 Å². The predicted octanol–water partition coefficient (Wildman–Crippen LogP) is 13.5. The molecule has 0 aliphatic rings. The largest absolute Gasteiger partial charge is 0.439 e. The van der Waals surface area contributed by atoms with Crippen LogP contribution >= 0.6 is 0 Å². The van der Waals surface area contributed by atoms with Gasteiger partial charge in [0.25, 0.3) is 0 Å². The first kappa shape index (κ1) is 59.9. The van der Waals surface area contributed by atoms with Gasteiger partial charge in [-0.3, -0.25) is 4.79 Å². The van der Waals surface area contributed by atoms with E-state index < -0.39 is 207 Å². The van der Waals surface area contributed by atoms with E-state index in [0.29, 0.717) is 5.56 Å². The molecule has 0 bridgehead atoms. The molecule has 76 heavy (non-hydrogen) atoms. The van der Waals surface area contributed by atoms with Crippen molar-refractivity contribution >= 4 is 33.8 Å². The molecule has 0 saturated heterocycles. The quantitative estimate of drug-likeness (QED) is 0.0691. The molecule has 31 heteroatoms. The zero-order valence-corrected chi connectivity index (χ0v) is 36.3. The van der Waals surface area contributed by atoms with Gasteiger partial charge in [0.05, 0.1) is 50.7 Å². The van der Waals surface area contributed by atoms with E-state index in [1.54, 1.807) is 30.3 Å². The van der Waals surface area contributed by atoms with Gasteiger partial charge in [0, 0.05) is 5.56 Å². The van der Waals surface area contributed by atoms with Crippen LogP contribution in [0, 0.1) is 0 Å². The van der Waals surface area contributed by atoms with E-state index in [1.165, 1.54) is 10.8 Å². The van der Waals surface area contributed by atoms with E-state index in [4.69, 9.17) is 0 Å². The van der Waals surface area contributed by atoms with Crippen molar-refractivity contribution in [2.45, 2.75) is 62.1 Å². The molecule has 0 N–H and O–H groups in total. The molecule has 0 aliphatic carbocycles. The Kier molecular flexibility index (Phi) is 15.9. The van der Waals surface area contributed by atoms with E-state index in [2.05, 4.69) is 4.98 Å². The fraction of sp³-hybridized carbons (Fsp3) is 0.222. The van der Waals surface area contributed by atoms with Gasteiger partial charge in [-0.15, -0.1) is 0 Å². The number of hydrogen-bond donors (Lipinski definition) is 0. The predicted molar refractivity (Wildman–Crippen MR) is 210 cm³/mol. The molecule has 0 aliphatic heterocycles. The number of aromatic nitrogens is 2. The van der Waals surface area contributed by atoms with Crippen molar-refractivity contribution in [3.63, 3.8) is 0 Å². The lowest BCUT2D eigenvalue weighted by Crippen LogP contribution is -2.75. The molecule has 0 unspecified atom stereocenters. The molecule has 5 aromatic carbocycles. The third-order valence-corrected chi connectivity index (χ3v) is 10.9. The Morgan fingerprint density at radius 3 is 0.842 bits per heavy atom. The molecule has 410 valence electrons. The van der Waals surface area contributed by atoms with Crippen LogP contribution in [0.4, 0.5) is 119 Å². The second-order valence-electron chi connectivity index (χ2n) is 16.1. The summed E-state index contributed by atoms with van der Waals surface area (Å²) < 4.78 is 379. The lowest BCUT2D eigenvalue weighted by Gasteiger charge is -2.46. The lowest BCUT2D eigenvalue weighted by molar-refractivity contribution is -0.684. The standard InChI is InChI=1S/C32H12BF24.C13H10F3N2O/c34-25(35,36)13-1-14(26(37,38)39)6-21(5-13)33(22-7-15(27(40,41)42)2-16(8-22)28(43,44)45,23-9-17(29(46,47)48)3-18(10-23)30(49,50)51)24-11-19(31(52,53)54)4-20(12-24)32(55,56)57;14-13(15,16)12-9-18(7-6-17-12)8-11(19)10-4-2-1-3-5-10/h1-12H;1-7,9H,8H2/q-1;+1. The number of hydrogen-bond acceptors (Lipinski definition) is 2. The van der Waals surface area contributed by atoms with Crippen molar-refractivity contribution in [2.24, 2.45) is 0 Å². The lowest BCUT2D eigenvalue weighted by atomic mass is 9.12. The number of carbonyl (C=O) groups excluding carboxylic acids is 1. The Balaban J connectivity index is 0.000000468. The monoisotopic (exact) mass is 1130 g/mol. The van der Waals surface area contributed by atoms with E-state index in [-0.39, 0.29) is 12.3 Å². The highest BCUT2D eigenvalue weighted by Crippen LogP contribution is 2.41. The van der Waals surface area contributed by atoms with Crippen molar-refractivity contribution < 1.29 is 128 Å². The van der Waals surface area contributed by atoms with Gasteiger partial charge in [-0.25, -0.2) is 4.98 Å². The molecule has 0 fully saturated rings. The van der Waals surface area contributed by atoms with Gasteiger partial charge in [0.15, 0.2) is 12.4 Å². The van der Waals surface area contributed by atoms with E-state index in [1.807, 2.05) is 0 Å². The molecule has 0 radical (unpaired) electrons. The summed E-state index contributed by atoms with van der Waals surface area (Å²) >= 11 is 0. The zero-order valence-electron chi connectivity index (χ0n) is 36.3. The second-order valence-corrected chi connectivity index (χ2v) is 16.1. The smallest absolute Gasteiger partial charge is 0.287 e. The molecule has 0 saturated carbocycles. The van der Waals surface area contributed by atoms with Gasteiger partial charge >= 0.3 is 55.6 Å². The Hall–Kier alpha value is -6.98. The summed E-state index contributed by atoms with van der Waals surface area (Å²) in [4.78, 5) is 15.1. The number of alkyl halides is 27. The molecule has 1 aromatic heterocycles. The maximum absolute atomic E-state index is 14.2. The summed E-state index contributed by atoms with van der Waals surface area (Å²) in [7, 11) is 0. The summed E-state index contributed by atoms with van der Waals surface area (Å²) in [6.07, 6.45) is -56.1. The van der Waals surface area contributed by atoms with Crippen molar-refractivity contribution in [2.75, 3.05) is 0 Å². The van der Waals surface area contributed by atoms with Crippen molar-refractivity contribution in [1.29, 1.82) is 0 Å². The van der Waals surface area contributed by atoms with E-state index in [0.717, 1.165) is 12.4 Å². The summed E-state index contributed by atoms with van der Waals surface area (Å²) in [6, 6.07) is -0.409. The molecular weight excluding hydrogens is 1110 g/mol. The highest BCUT2D eigenvalue weighted by atomic mass is 19.4. The number of nitrogens with zero attached hydrogens (tertiary/aromatic N) is 2. The fourth-order valence-corrected chi connectivity index (χ4v) is 7.63. The number of carbonyl (C=O) groups is 1. The van der Waals surface area contributed by atoms with Gasteiger partial charge in [-0.05, 0) is 24.3 Å². The van der Waals surface area contributed by atoms with E-state index >= 15 is 0 Å². The highest BCUT2D eigenvalue weighted by Gasteiger charge is 2.47. The number of benzene rings is 5. The number of Topliss-reactive ketones (excluding diaryl/α,β-unsaturated/α-hetero) is 1. The summed E-state index contributed by atoms with van der Waals surface area (Å²) in [5.74, 6) is -0.259. The first-order chi connectivity index (χ1) is 34.2. The Morgan fingerprint density at radius 2 is 0.618 bits per heavy atom. The summed E-state index contributed by atoms with van der Waals surface area (Å²) in [5.41, 5.74) is -30.8. The third kappa shape index (κ3) is 13.9. The van der Waals surface area contributed by atoms with Gasteiger partial charge < -0.3 is 0 Å². The van der Waals surface area contributed by atoms with E-state index in [9.17, 15) is 123 Å². The summed E-state index contributed by atoms with van der Waals surface area (Å²) in [6.45, 7) is -0.157. The maximum atomic E-state index is 14.2. The van der Waals surface area contributed by atoms with Gasteiger partial charge in [0.2, 0.25) is 18.0 Å². The van der Waals surface area contributed by atoms with Crippen LogP contribution in [0.5, 0.6) is 0 Å². The average molecular weight is 1130 g/mol. The van der Waals surface area contributed by atoms with Gasteiger partial charge in [-0.1, -0.05) is 78.9 Å². The topological polar surface area (TPSA) is 33.8 Å². The molecule has 1 heterocycles. The number of rotatable bonds is 7. The van der Waals surface area contributed by atoms with Crippen molar-refractivity contribution in [3.8, 4) is 0 Å². The van der Waals surface area contributed by atoms with Crippen LogP contribution in [-0.4, -0.2) is 16.9 Å². The molecule has 0 spiro atoms. The minimum absolute atomic E-state index is 0.157. The molecule has 0 atom stereocenters. The first-order valence-electron chi connectivity index (χ1n) is 20.1. The normalized spacial score (nSPS) is 13.6. The van der Waals surface area contributed by atoms with Crippen LogP contribution in [0.3, 0.4) is 0 Å². The SMILES string of the molecule is FC(F)(F)c1cc([B-](c2cc(C(F)(F)F)cc(C(F)(F)F)c2)(c2cc(C(F)(F)F)cc(C(F)(F)F)c2)c2cc(C(F)(F)F)cc(C(F)(F)F)c2)cc(C(F)(F)F)c1.O=C(C[n+]1ccnc(C(F)(F)F)c1)c1ccccc1. The van der Waals surface area contributed by atoms with Gasteiger partial charge in [-0.2, -0.15) is 145 Å². The molecule has 6 aromatic rings. The molecule has 0 amide bonds. The minimum Gasteiger partial charge on any atom is -0.287 e. The second kappa shape index (κ2) is 20.2. The van der Waals surface area contributed by atoms with Crippen molar-refractivity contribution in [1.82, 2.24) is 4.98 Å². The van der Waals surface area contributed by atoms with Crippen LogP contribution in [-0.2, 0) is 62.1 Å². The summed E-state index contributed by atoms with van der Waals surface area (Å²) in [5, 5.41) is 0. The molecular formula is C45H22BF27N2O. The average Bonchev–Trinajstić information content (AvgIpc) is 3.27. The molecule has 6 rings (SSSR count). The number of ketones is 1. The minimum atomic E-state index is -6.13. The van der Waals surface area contributed by atoms with Crippen LogP contribution in [0.25, 0.3) is 0 Å². The zero-order chi connectivity index (χ0) is 57.8. The highest BCUT2D eigenvalue weighted by molar-refractivity contribution is 7.20. The maximum Gasteiger partial charge on any atom is 0.439 e. The fourth-order valence-electron chi connectivity index (χ4n) is 7.63. The van der Waals surface area contributed by atoms with Crippen LogP contribution in [0.15, 0.2) is 122 Å². The van der Waals surface area contributed by atoms with Crippen molar-refractivity contribution in [3.05, 3.63) is 177 Å².